The molecule has 26 heavy (non-hydrogen) atoms. The number of nitrogens with one attached hydrogen (secondary N) is 1. The molecule has 0 spiro atoms. The molecule has 2 aliphatic rings. The molecule has 2 rings (SSSR count). The molecule has 0 aromatic carbocycles. The van der Waals surface area contributed by atoms with Crippen molar-refractivity contribution in [3.63, 3.8) is 0 Å². The minimum Gasteiger partial charge on any atom is -0.481 e. The Morgan fingerprint density at radius 3 is 2.65 bits per heavy atom. The van der Waals surface area contributed by atoms with Crippen LogP contribution in [-0.2, 0) is 14.3 Å². The van der Waals surface area contributed by atoms with Gasteiger partial charge in [0.25, 0.3) is 5.91 Å². The molecule has 1 heterocycles. The standard InChI is InChI=1S/C18H30N2O6/c21-15(13-5-2-1-3-6-13)8-10-20-14(17(24)19-18(20)25)7-4-11-26-12-9-16(22)23/h13-15,21H,1-12H2,(H,22,23)(H,19,24,25). The average Bonchev–Trinajstić information content (AvgIpc) is 2.89. The number of carboxylic acids is 1. The van der Waals surface area contributed by atoms with E-state index in [0.29, 0.717) is 38.3 Å². The molecule has 0 aromatic rings. The van der Waals surface area contributed by atoms with E-state index in [1.54, 1.807) is 0 Å². The second-order valence-electron chi connectivity index (χ2n) is 7.16. The van der Waals surface area contributed by atoms with Crippen molar-refractivity contribution < 1.29 is 29.3 Å². The van der Waals surface area contributed by atoms with Crippen LogP contribution in [-0.4, -0.2) is 64.9 Å². The molecule has 8 nitrogen and oxygen atoms in total. The summed E-state index contributed by atoms with van der Waals surface area (Å²) in [5, 5.41) is 21.3. The second kappa shape index (κ2) is 10.5. The Hall–Kier alpha value is -1.67. The number of carbonyl (C=O) groups excluding carboxylic acids is 2. The van der Waals surface area contributed by atoms with Gasteiger partial charge < -0.3 is 19.8 Å². The molecule has 148 valence electrons. The molecular formula is C18H30N2O6. The number of hydrogen-bond donors (Lipinski definition) is 3. The van der Waals surface area contributed by atoms with Crippen LogP contribution in [0.1, 0.15) is 57.8 Å². The number of carbonyl (C=O) groups is 3. The SMILES string of the molecule is O=C(O)CCOCCCC1C(=O)NC(=O)N1CCC(O)C1CCCCC1. The van der Waals surface area contributed by atoms with E-state index >= 15 is 0 Å². The van der Waals surface area contributed by atoms with E-state index in [1.807, 2.05) is 0 Å². The largest absolute Gasteiger partial charge is 0.481 e. The summed E-state index contributed by atoms with van der Waals surface area (Å²) in [6.45, 7) is 0.853. The van der Waals surface area contributed by atoms with Crippen molar-refractivity contribution in [1.82, 2.24) is 10.2 Å². The van der Waals surface area contributed by atoms with Gasteiger partial charge >= 0.3 is 12.0 Å². The lowest BCUT2D eigenvalue weighted by molar-refractivity contribution is -0.138. The monoisotopic (exact) mass is 370 g/mol. The lowest BCUT2D eigenvalue weighted by Crippen LogP contribution is -2.38. The quantitative estimate of drug-likeness (QED) is 0.375. The number of aliphatic carboxylic acids is 1. The van der Waals surface area contributed by atoms with Crippen LogP contribution in [0.25, 0.3) is 0 Å². The summed E-state index contributed by atoms with van der Waals surface area (Å²) in [6, 6.07) is -0.938. The molecule has 2 fully saturated rings. The van der Waals surface area contributed by atoms with Gasteiger partial charge in [-0.05, 0) is 38.0 Å². The third-order valence-electron chi connectivity index (χ3n) is 5.26. The van der Waals surface area contributed by atoms with E-state index in [1.165, 1.54) is 11.3 Å². The Kier molecular flexibility index (Phi) is 8.31. The molecule has 3 amide bonds. The van der Waals surface area contributed by atoms with Crippen molar-refractivity contribution in [3.05, 3.63) is 0 Å². The number of carboxylic acid groups (broad SMARTS) is 1. The van der Waals surface area contributed by atoms with Crippen LogP contribution in [0.2, 0.25) is 0 Å². The van der Waals surface area contributed by atoms with Crippen LogP contribution >= 0.6 is 0 Å². The number of aliphatic hydroxyl groups is 1. The second-order valence-corrected chi connectivity index (χ2v) is 7.16. The van der Waals surface area contributed by atoms with Crippen molar-refractivity contribution in [2.24, 2.45) is 5.92 Å². The van der Waals surface area contributed by atoms with E-state index in [-0.39, 0.29) is 18.9 Å². The molecule has 0 bridgehead atoms. The first-order chi connectivity index (χ1) is 12.5. The van der Waals surface area contributed by atoms with Crippen molar-refractivity contribution in [2.45, 2.75) is 69.9 Å². The third kappa shape index (κ3) is 6.25. The average molecular weight is 370 g/mol. The maximum absolute atomic E-state index is 12.0. The first-order valence-corrected chi connectivity index (χ1v) is 9.58. The van der Waals surface area contributed by atoms with Gasteiger partial charge in [-0.1, -0.05) is 19.3 Å². The molecule has 2 unspecified atom stereocenters. The Morgan fingerprint density at radius 1 is 1.23 bits per heavy atom. The van der Waals surface area contributed by atoms with E-state index in [2.05, 4.69) is 5.32 Å². The predicted octanol–water partition coefficient (Wildman–Crippen LogP) is 1.51. The molecule has 0 radical (unpaired) electrons. The number of ether oxygens (including phenoxy) is 1. The molecule has 0 aromatic heterocycles. The summed E-state index contributed by atoms with van der Waals surface area (Å²) < 4.78 is 5.22. The summed E-state index contributed by atoms with van der Waals surface area (Å²) in [5.41, 5.74) is 0. The zero-order valence-corrected chi connectivity index (χ0v) is 15.2. The summed E-state index contributed by atoms with van der Waals surface area (Å²) in [7, 11) is 0. The lowest BCUT2D eigenvalue weighted by Gasteiger charge is -2.29. The van der Waals surface area contributed by atoms with Gasteiger partial charge in [0.05, 0.1) is 19.1 Å². The van der Waals surface area contributed by atoms with E-state index in [4.69, 9.17) is 9.84 Å². The molecule has 2 atom stereocenters. The molecule has 8 heteroatoms. The Morgan fingerprint density at radius 2 is 1.96 bits per heavy atom. The molecule has 3 N–H and O–H groups in total. The lowest BCUT2D eigenvalue weighted by atomic mass is 9.84. The van der Waals surface area contributed by atoms with Crippen molar-refractivity contribution in [1.29, 1.82) is 0 Å². The number of nitrogens with zero attached hydrogens (tertiary/aromatic N) is 1. The van der Waals surface area contributed by atoms with Crippen LogP contribution in [0.15, 0.2) is 0 Å². The Balaban J connectivity index is 1.73. The van der Waals surface area contributed by atoms with Gasteiger partial charge in [0.15, 0.2) is 0 Å². The van der Waals surface area contributed by atoms with Gasteiger partial charge in [-0.15, -0.1) is 0 Å². The van der Waals surface area contributed by atoms with Gasteiger partial charge in [-0.2, -0.15) is 0 Å². The Bertz CT molecular complexity index is 492. The van der Waals surface area contributed by atoms with E-state index in [0.717, 1.165) is 25.7 Å². The van der Waals surface area contributed by atoms with Crippen LogP contribution in [0, 0.1) is 5.92 Å². The van der Waals surface area contributed by atoms with Crippen molar-refractivity contribution in [3.8, 4) is 0 Å². The smallest absolute Gasteiger partial charge is 0.324 e. The van der Waals surface area contributed by atoms with Crippen molar-refractivity contribution >= 4 is 17.9 Å². The molecule has 1 saturated heterocycles. The Labute approximate surface area is 153 Å². The van der Waals surface area contributed by atoms with Gasteiger partial charge in [0.2, 0.25) is 0 Å². The number of amides is 3. The summed E-state index contributed by atoms with van der Waals surface area (Å²) in [4.78, 5) is 35.9. The van der Waals surface area contributed by atoms with Gasteiger partial charge in [0, 0.05) is 13.2 Å². The highest BCUT2D eigenvalue weighted by atomic mass is 16.5. The fourth-order valence-corrected chi connectivity index (χ4v) is 3.75. The van der Waals surface area contributed by atoms with E-state index in [9.17, 15) is 19.5 Å². The van der Waals surface area contributed by atoms with Crippen LogP contribution in [0.5, 0.6) is 0 Å². The highest BCUT2D eigenvalue weighted by Gasteiger charge is 2.38. The topological polar surface area (TPSA) is 116 Å². The first kappa shape index (κ1) is 20.6. The molecular weight excluding hydrogens is 340 g/mol. The van der Waals surface area contributed by atoms with Crippen LogP contribution in [0.3, 0.4) is 0 Å². The van der Waals surface area contributed by atoms with Crippen LogP contribution < -0.4 is 5.32 Å². The highest BCUT2D eigenvalue weighted by Crippen LogP contribution is 2.28. The minimum atomic E-state index is -0.909. The van der Waals surface area contributed by atoms with Gasteiger partial charge in [-0.3, -0.25) is 14.9 Å². The normalized spacial score (nSPS) is 22.5. The maximum atomic E-state index is 12.0. The number of imide groups is 1. The van der Waals surface area contributed by atoms with Crippen LogP contribution in [0.4, 0.5) is 4.79 Å². The minimum absolute atomic E-state index is 0.0480. The number of rotatable bonds is 11. The summed E-state index contributed by atoms with van der Waals surface area (Å²) >= 11 is 0. The summed E-state index contributed by atoms with van der Waals surface area (Å²) in [6.07, 6.45) is 6.61. The zero-order chi connectivity index (χ0) is 18.9. The summed E-state index contributed by atoms with van der Waals surface area (Å²) in [5.74, 6) is -0.924. The van der Waals surface area contributed by atoms with E-state index < -0.39 is 24.1 Å². The highest BCUT2D eigenvalue weighted by molar-refractivity contribution is 6.04. The van der Waals surface area contributed by atoms with Crippen molar-refractivity contribution in [2.75, 3.05) is 19.8 Å². The number of urea groups is 1. The molecule has 1 saturated carbocycles. The fourth-order valence-electron chi connectivity index (χ4n) is 3.75. The van der Waals surface area contributed by atoms with Gasteiger partial charge in [0.1, 0.15) is 6.04 Å². The number of aliphatic hydroxyl groups excluding tert-OH is 1. The number of hydrogen-bond acceptors (Lipinski definition) is 5. The first-order valence-electron chi connectivity index (χ1n) is 9.58. The predicted molar refractivity (Wildman–Crippen MR) is 93.5 cm³/mol. The van der Waals surface area contributed by atoms with Gasteiger partial charge in [-0.25, -0.2) is 4.79 Å². The molecule has 1 aliphatic heterocycles. The zero-order valence-electron chi connectivity index (χ0n) is 15.2. The fraction of sp³-hybridized carbons (Fsp3) is 0.833. The maximum Gasteiger partial charge on any atom is 0.324 e. The third-order valence-corrected chi connectivity index (χ3v) is 5.26. The molecule has 1 aliphatic carbocycles.